The number of nitrogens with two attached hydrogens (primary N) is 1. The van der Waals surface area contributed by atoms with Crippen LogP contribution in [0.3, 0.4) is 0 Å². The predicted molar refractivity (Wildman–Crippen MR) is 68.5 cm³/mol. The van der Waals surface area contributed by atoms with Crippen molar-refractivity contribution in [3.8, 4) is 5.75 Å². The largest absolute Gasteiger partial charge is 0.496 e. The highest BCUT2D eigenvalue weighted by Gasteiger charge is 2.31. The van der Waals surface area contributed by atoms with E-state index in [9.17, 15) is 0 Å². The van der Waals surface area contributed by atoms with Gasteiger partial charge < -0.3 is 15.2 Å². The summed E-state index contributed by atoms with van der Waals surface area (Å²) in [5.74, 6) is 0.804. The van der Waals surface area contributed by atoms with E-state index < -0.39 is 5.54 Å². The van der Waals surface area contributed by atoms with Crippen LogP contribution in [-0.2, 0) is 10.3 Å². The molecule has 0 spiro atoms. The third kappa shape index (κ3) is 2.73. The van der Waals surface area contributed by atoms with Gasteiger partial charge >= 0.3 is 0 Å². The number of rotatable bonds is 2. The molecular formula is C13H18ClNO2. The molecule has 0 amide bonds. The van der Waals surface area contributed by atoms with E-state index in [0.717, 1.165) is 37.2 Å². The van der Waals surface area contributed by atoms with Crippen LogP contribution < -0.4 is 10.5 Å². The second kappa shape index (κ2) is 5.25. The molecule has 0 saturated carbocycles. The van der Waals surface area contributed by atoms with Crippen molar-refractivity contribution in [1.82, 2.24) is 0 Å². The van der Waals surface area contributed by atoms with E-state index in [1.807, 2.05) is 18.2 Å². The van der Waals surface area contributed by atoms with Crippen LogP contribution in [0.2, 0.25) is 5.02 Å². The Morgan fingerprint density at radius 3 is 2.94 bits per heavy atom. The predicted octanol–water partition coefficient (Wildman–Crippen LogP) is 2.70. The smallest absolute Gasteiger partial charge is 0.124 e. The van der Waals surface area contributed by atoms with Gasteiger partial charge in [0.05, 0.1) is 7.11 Å². The van der Waals surface area contributed by atoms with Crippen LogP contribution in [0.25, 0.3) is 0 Å². The lowest BCUT2D eigenvalue weighted by atomic mass is 9.83. The fourth-order valence-electron chi connectivity index (χ4n) is 2.31. The van der Waals surface area contributed by atoms with Gasteiger partial charge in [-0.25, -0.2) is 0 Å². The molecule has 1 fully saturated rings. The van der Waals surface area contributed by atoms with E-state index in [1.54, 1.807) is 7.11 Å². The van der Waals surface area contributed by atoms with Crippen molar-refractivity contribution in [2.24, 2.45) is 5.73 Å². The van der Waals surface area contributed by atoms with E-state index in [0.29, 0.717) is 11.6 Å². The second-order valence-electron chi connectivity index (χ2n) is 4.47. The number of hydrogen-bond acceptors (Lipinski definition) is 3. The summed E-state index contributed by atoms with van der Waals surface area (Å²) in [6.07, 6.45) is 2.65. The van der Waals surface area contributed by atoms with Gasteiger partial charge in [-0.2, -0.15) is 0 Å². The summed E-state index contributed by atoms with van der Waals surface area (Å²) in [5.41, 5.74) is 7.10. The molecule has 1 aliphatic heterocycles. The van der Waals surface area contributed by atoms with Crippen molar-refractivity contribution in [3.63, 3.8) is 0 Å². The topological polar surface area (TPSA) is 44.5 Å². The Morgan fingerprint density at radius 2 is 2.18 bits per heavy atom. The van der Waals surface area contributed by atoms with Crippen LogP contribution in [0.5, 0.6) is 5.75 Å². The Balaban J connectivity index is 2.38. The Hall–Kier alpha value is -0.770. The van der Waals surface area contributed by atoms with Crippen LogP contribution in [0.15, 0.2) is 18.2 Å². The molecule has 0 radical (unpaired) electrons. The van der Waals surface area contributed by atoms with Gasteiger partial charge in [0.25, 0.3) is 0 Å². The number of ether oxygens (including phenoxy) is 2. The molecule has 4 heteroatoms. The van der Waals surface area contributed by atoms with E-state index >= 15 is 0 Å². The van der Waals surface area contributed by atoms with E-state index in [-0.39, 0.29) is 0 Å². The first-order chi connectivity index (χ1) is 8.15. The summed E-state index contributed by atoms with van der Waals surface area (Å²) in [5, 5.41) is 0.691. The molecule has 0 aliphatic carbocycles. The average molecular weight is 256 g/mol. The zero-order valence-electron chi connectivity index (χ0n) is 10.0. The van der Waals surface area contributed by atoms with Gasteiger partial charge in [-0.05, 0) is 37.5 Å². The Bertz CT molecular complexity index is 387. The monoisotopic (exact) mass is 255 g/mol. The average Bonchev–Trinajstić information content (AvgIpc) is 2.55. The summed E-state index contributed by atoms with van der Waals surface area (Å²) in [6, 6.07) is 5.60. The van der Waals surface area contributed by atoms with Crippen LogP contribution in [-0.4, -0.2) is 20.3 Å². The van der Waals surface area contributed by atoms with Crippen molar-refractivity contribution < 1.29 is 9.47 Å². The summed E-state index contributed by atoms with van der Waals surface area (Å²) < 4.78 is 10.8. The van der Waals surface area contributed by atoms with Gasteiger partial charge in [0.2, 0.25) is 0 Å². The molecule has 17 heavy (non-hydrogen) atoms. The van der Waals surface area contributed by atoms with Crippen LogP contribution in [0.4, 0.5) is 0 Å². The molecule has 0 aromatic heterocycles. The molecule has 1 heterocycles. The maximum Gasteiger partial charge on any atom is 0.124 e. The lowest BCUT2D eigenvalue weighted by molar-refractivity contribution is 0.139. The molecule has 1 unspecified atom stereocenters. The van der Waals surface area contributed by atoms with Crippen molar-refractivity contribution >= 4 is 11.6 Å². The van der Waals surface area contributed by atoms with Crippen molar-refractivity contribution in [2.75, 3.05) is 20.3 Å². The first-order valence-electron chi connectivity index (χ1n) is 5.86. The third-order valence-electron chi connectivity index (χ3n) is 3.30. The molecule has 1 aromatic carbocycles. The van der Waals surface area contributed by atoms with Gasteiger partial charge in [0, 0.05) is 29.3 Å². The molecule has 2 N–H and O–H groups in total. The number of hydrogen-bond donors (Lipinski definition) is 1. The molecule has 1 aliphatic rings. The fourth-order valence-corrected chi connectivity index (χ4v) is 2.48. The summed E-state index contributed by atoms with van der Waals surface area (Å²) in [4.78, 5) is 0. The zero-order chi connectivity index (χ0) is 12.3. The highest BCUT2D eigenvalue weighted by Crippen LogP contribution is 2.37. The maximum absolute atomic E-state index is 6.51. The van der Waals surface area contributed by atoms with Crippen LogP contribution in [0.1, 0.15) is 24.8 Å². The lowest BCUT2D eigenvalue weighted by Crippen LogP contribution is -2.37. The van der Waals surface area contributed by atoms with Gasteiger partial charge in [-0.15, -0.1) is 0 Å². The van der Waals surface area contributed by atoms with Crippen LogP contribution in [0, 0.1) is 0 Å². The lowest BCUT2D eigenvalue weighted by Gasteiger charge is -2.29. The number of halogens is 1. The quantitative estimate of drug-likeness (QED) is 0.884. The molecule has 1 saturated heterocycles. The van der Waals surface area contributed by atoms with Crippen molar-refractivity contribution in [2.45, 2.75) is 24.8 Å². The minimum Gasteiger partial charge on any atom is -0.496 e. The third-order valence-corrected chi connectivity index (χ3v) is 3.54. The minimum absolute atomic E-state index is 0.396. The molecule has 2 rings (SSSR count). The molecule has 1 aromatic rings. The van der Waals surface area contributed by atoms with Gasteiger partial charge in [0.1, 0.15) is 5.75 Å². The summed E-state index contributed by atoms with van der Waals surface area (Å²) >= 11 is 6.05. The minimum atomic E-state index is -0.396. The Labute approximate surface area is 107 Å². The van der Waals surface area contributed by atoms with Gasteiger partial charge in [0.15, 0.2) is 0 Å². The molecule has 0 bridgehead atoms. The summed E-state index contributed by atoms with van der Waals surface area (Å²) in [6.45, 7) is 1.47. The highest BCUT2D eigenvalue weighted by atomic mass is 35.5. The zero-order valence-corrected chi connectivity index (χ0v) is 10.8. The number of benzene rings is 1. The van der Waals surface area contributed by atoms with E-state index in [1.165, 1.54) is 0 Å². The molecule has 3 nitrogen and oxygen atoms in total. The fraction of sp³-hybridized carbons (Fsp3) is 0.538. The van der Waals surface area contributed by atoms with Crippen LogP contribution >= 0.6 is 11.6 Å². The van der Waals surface area contributed by atoms with Crippen molar-refractivity contribution in [1.29, 1.82) is 0 Å². The Morgan fingerprint density at radius 1 is 1.35 bits per heavy atom. The van der Waals surface area contributed by atoms with E-state index in [2.05, 4.69) is 0 Å². The SMILES string of the molecule is COc1ccc(Cl)cc1C1(N)CCCOCC1. The highest BCUT2D eigenvalue weighted by molar-refractivity contribution is 6.30. The molecule has 1 atom stereocenters. The first kappa shape index (κ1) is 12.7. The van der Waals surface area contributed by atoms with Crippen molar-refractivity contribution in [3.05, 3.63) is 28.8 Å². The van der Waals surface area contributed by atoms with E-state index in [4.69, 9.17) is 26.8 Å². The van der Waals surface area contributed by atoms with Gasteiger partial charge in [-0.1, -0.05) is 11.6 Å². The van der Waals surface area contributed by atoms with Gasteiger partial charge in [-0.3, -0.25) is 0 Å². The molecular weight excluding hydrogens is 238 g/mol. The maximum atomic E-state index is 6.51. The Kier molecular flexibility index (Phi) is 3.92. The normalized spacial score (nSPS) is 25.4. The second-order valence-corrected chi connectivity index (χ2v) is 4.90. The molecule has 94 valence electrons. The number of methoxy groups -OCH3 is 1. The standard InChI is InChI=1S/C13H18ClNO2/c1-16-12-4-3-10(14)9-11(12)13(15)5-2-7-17-8-6-13/h3-4,9H,2,5-8,15H2,1H3. The first-order valence-corrected chi connectivity index (χ1v) is 6.24. The summed E-state index contributed by atoms with van der Waals surface area (Å²) in [7, 11) is 1.66.